The SMILES string of the molecule is Cc1ccc(NC(=O)Nc2cc(Br)cc3c2OCC(F)(F)CC3c2ccccc2)cc1. The molecule has 1 aliphatic rings. The van der Waals surface area contributed by atoms with Gasteiger partial charge >= 0.3 is 6.03 Å². The zero-order valence-corrected chi connectivity index (χ0v) is 18.4. The average molecular weight is 487 g/mol. The van der Waals surface area contributed by atoms with E-state index in [1.165, 1.54) is 0 Å². The van der Waals surface area contributed by atoms with Gasteiger partial charge in [-0.1, -0.05) is 64.0 Å². The Bertz CT molecular complexity index is 1090. The number of halogens is 3. The number of hydrogen-bond donors (Lipinski definition) is 2. The number of aryl methyl sites for hydroxylation is 1. The number of carbonyl (C=O) groups is 1. The minimum atomic E-state index is -3.01. The Morgan fingerprint density at radius 2 is 1.77 bits per heavy atom. The number of benzene rings is 3. The van der Waals surface area contributed by atoms with Crippen molar-refractivity contribution < 1.29 is 18.3 Å². The number of hydrogen-bond acceptors (Lipinski definition) is 2. The molecular formula is C24H21BrF2N2O2. The van der Waals surface area contributed by atoms with E-state index in [1.807, 2.05) is 49.4 Å². The Labute approximate surface area is 187 Å². The highest BCUT2D eigenvalue weighted by molar-refractivity contribution is 9.10. The highest BCUT2D eigenvalue weighted by Gasteiger charge is 2.40. The molecule has 0 fully saturated rings. The van der Waals surface area contributed by atoms with Crippen LogP contribution < -0.4 is 15.4 Å². The number of alkyl halides is 2. The second-order valence-corrected chi connectivity index (χ2v) is 8.54. The molecule has 1 atom stereocenters. The summed E-state index contributed by atoms with van der Waals surface area (Å²) in [4.78, 5) is 12.6. The van der Waals surface area contributed by atoms with Gasteiger partial charge in [-0.15, -0.1) is 0 Å². The van der Waals surface area contributed by atoms with Gasteiger partial charge in [0.25, 0.3) is 5.92 Å². The Morgan fingerprint density at radius 3 is 2.48 bits per heavy atom. The summed E-state index contributed by atoms with van der Waals surface area (Å²) in [6, 6.07) is 19.4. The predicted octanol–water partition coefficient (Wildman–Crippen LogP) is 6.95. The van der Waals surface area contributed by atoms with Crippen molar-refractivity contribution >= 4 is 33.3 Å². The number of urea groups is 1. The van der Waals surface area contributed by atoms with Gasteiger partial charge in [0.1, 0.15) is 5.75 Å². The molecule has 0 saturated heterocycles. The van der Waals surface area contributed by atoms with Gasteiger partial charge in [0.2, 0.25) is 0 Å². The van der Waals surface area contributed by atoms with Crippen molar-refractivity contribution in [2.75, 3.05) is 17.2 Å². The second kappa shape index (κ2) is 8.67. The molecule has 0 aliphatic carbocycles. The van der Waals surface area contributed by atoms with Crippen LogP contribution in [0.1, 0.15) is 29.0 Å². The lowest BCUT2D eigenvalue weighted by atomic mass is 9.86. The molecule has 2 amide bonds. The lowest BCUT2D eigenvalue weighted by molar-refractivity contribution is -0.0448. The van der Waals surface area contributed by atoms with Gasteiger partial charge in [0.05, 0.1) is 5.69 Å². The molecule has 2 N–H and O–H groups in total. The van der Waals surface area contributed by atoms with Crippen LogP contribution in [0.25, 0.3) is 0 Å². The molecule has 0 bridgehead atoms. The van der Waals surface area contributed by atoms with Crippen LogP contribution in [0, 0.1) is 6.92 Å². The summed E-state index contributed by atoms with van der Waals surface area (Å²) in [5, 5.41) is 5.50. The summed E-state index contributed by atoms with van der Waals surface area (Å²) in [5.41, 5.74) is 3.39. The Kier molecular flexibility index (Phi) is 5.96. The summed E-state index contributed by atoms with van der Waals surface area (Å²) < 4.78 is 35.3. The smallest absolute Gasteiger partial charge is 0.323 e. The maximum absolute atomic E-state index is 14.5. The first-order valence-corrected chi connectivity index (χ1v) is 10.6. The van der Waals surface area contributed by atoms with Crippen molar-refractivity contribution in [1.82, 2.24) is 0 Å². The number of anilines is 2. The molecule has 0 radical (unpaired) electrons. The predicted molar refractivity (Wildman–Crippen MR) is 121 cm³/mol. The number of rotatable bonds is 3. The third kappa shape index (κ3) is 5.05. The van der Waals surface area contributed by atoms with Crippen LogP contribution in [0.5, 0.6) is 5.75 Å². The molecule has 31 heavy (non-hydrogen) atoms. The molecule has 7 heteroatoms. The molecule has 4 rings (SSSR count). The number of fused-ring (bicyclic) bond motifs is 1. The molecule has 1 unspecified atom stereocenters. The maximum atomic E-state index is 14.5. The molecule has 4 nitrogen and oxygen atoms in total. The largest absolute Gasteiger partial charge is 0.485 e. The van der Waals surface area contributed by atoms with Crippen LogP contribution in [0.4, 0.5) is 25.0 Å². The monoisotopic (exact) mass is 486 g/mol. The van der Waals surface area contributed by atoms with Gasteiger partial charge < -0.3 is 15.4 Å². The lowest BCUT2D eigenvalue weighted by Crippen LogP contribution is -2.26. The van der Waals surface area contributed by atoms with Crippen LogP contribution in [-0.4, -0.2) is 18.6 Å². The lowest BCUT2D eigenvalue weighted by Gasteiger charge is -2.21. The second-order valence-electron chi connectivity index (χ2n) is 7.63. The molecule has 0 aromatic heterocycles. The fourth-order valence-corrected chi connectivity index (χ4v) is 4.15. The normalized spacial score (nSPS) is 17.1. The third-order valence-corrected chi connectivity index (χ3v) is 5.61. The highest BCUT2D eigenvalue weighted by Crippen LogP contribution is 2.46. The summed E-state index contributed by atoms with van der Waals surface area (Å²) >= 11 is 3.45. The Balaban J connectivity index is 1.68. The fourth-order valence-electron chi connectivity index (χ4n) is 3.68. The first-order chi connectivity index (χ1) is 14.8. The maximum Gasteiger partial charge on any atom is 0.323 e. The molecule has 3 aromatic carbocycles. The van der Waals surface area contributed by atoms with Gasteiger partial charge in [-0.25, -0.2) is 13.6 Å². The molecular weight excluding hydrogens is 466 g/mol. The van der Waals surface area contributed by atoms with Crippen LogP contribution in [0.3, 0.4) is 0 Å². The standard InChI is InChI=1S/C24H21BrF2N2O2/c1-15-7-9-18(10-8-15)28-23(30)29-21-12-17(25)11-19-20(16-5-3-2-4-6-16)13-24(26,27)14-31-22(19)21/h2-12,20H,13-14H2,1H3,(H2,28,29,30). The van der Waals surface area contributed by atoms with Crippen molar-refractivity contribution in [2.45, 2.75) is 25.2 Å². The van der Waals surface area contributed by atoms with Crippen LogP contribution in [0.15, 0.2) is 71.2 Å². The van der Waals surface area contributed by atoms with E-state index in [-0.39, 0.29) is 12.2 Å². The topological polar surface area (TPSA) is 50.4 Å². The van der Waals surface area contributed by atoms with Crippen molar-refractivity contribution in [3.63, 3.8) is 0 Å². The van der Waals surface area contributed by atoms with Crippen molar-refractivity contribution in [1.29, 1.82) is 0 Å². The van der Waals surface area contributed by atoms with Gasteiger partial charge in [0, 0.05) is 28.1 Å². The number of carbonyl (C=O) groups excluding carboxylic acids is 1. The summed E-state index contributed by atoms with van der Waals surface area (Å²) in [6.07, 6.45) is -0.379. The van der Waals surface area contributed by atoms with Crippen molar-refractivity contribution in [3.8, 4) is 5.75 Å². The van der Waals surface area contributed by atoms with E-state index in [0.717, 1.165) is 11.1 Å². The number of nitrogens with one attached hydrogen (secondary N) is 2. The van der Waals surface area contributed by atoms with Gasteiger partial charge in [-0.05, 0) is 36.8 Å². The zero-order chi connectivity index (χ0) is 22.0. The first-order valence-electron chi connectivity index (χ1n) is 9.84. The molecule has 0 saturated carbocycles. The van der Waals surface area contributed by atoms with E-state index in [4.69, 9.17) is 4.74 Å². The van der Waals surface area contributed by atoms with Gasteiger partial charge in [-0.2, -0.15) is 0 Å². The molecule has 160 valence electrons. The first kappa shape index (κ1) is 21.3. The quantitative estimate of drug-likeness (QED) is 0.420. The van der Waals surface area contributed by atoms with Crippen molar-refractivity contribution in [3.05, 3.63) is 87.9 Å². The summed E-state index contributed by atoms with van der Waals surface area (Å²) in [6.45, 7) is 1.20. The van der Waals surface area contributed by atoms with E-state index >= 15 is 0 Å². The third-order valence-electron chi connectivity index (χ3n) is 5.15. The number of ether oxygens (including phenoxy) is 1. The van der Waals surface area contributed by atoms with Gasteiger partial charge in [0.15, 0.2) is 6.61 Å². The van der Waals surface area contributed by atoms with Crippen LogP contribution in [0.2, 0.25) is 0 Å². The minimum absolute atomic E-state index is 0.258. The fraction of sp³-hybridized carbons (Fsp3) is 0.208. The molecule has 1 heterocycles. The molecule has 0 spiro atoms. The van der Waals surface area contributed by atoms with E-state index in [9.17, 15) is 13.6 Å². The van der Waals surface area contributed by atoms with Crippen LogP contribution >= 0.6 is 15.9 Å². The Hall–Kier alpha value is -2.93. The van der Waals surface area contributed by atoms with E-state index in [1.54, 1.807) is 24.3 Å². The number of amides is 2. The molecule has 3 aromatic rings. The molecule has 1 aliphatic heterocycles. The van der Waals surface area contributed by atoms with Crippen molar-refractivity contribution in [2.24, 2.45) is 0 Å². The Morgan fingerprint density at radius 1 is 1.06 bits per heavy atom. The zero-order valence-electron chi connectivity index (χ0n) is 16.8. The van der Waals surface area contributed by atoms with E-state index in [0.29, 0.717) is 21.4 Å². The summed E-state index contributed by atoms with van der Waals surface area (Å²) in [7, 11) is 0. The van der Waals surface area contributed by atoms with Crippen LogP contribution in [-0.2, 0) is 0 Å². The average Bonchev–Trinajstić information content (AvgIpc) is 2.86. The van der Waals surface area contributed by atoms with E-state index in [2.05, 4.69) is 26.6 Å². The van der Waals surface area contributed by atoms with Gasteiger partial charge in [-0.3, -0.25) is 0 Å². The summed E-state index contributed by atoms with van der Waals surface area (Å²) in [5.74, 6) is -3.33. The highest BCUT2D eigenvalue weighted by atomic mass is 79.9. The minimum Gasteiger partial charge on any atom is -0.485 e. The van der Waals surface area contributed by atoms with E-state index < -0.39 is 24.5 Å².